The predicted molar refractivity (Wildman–Crippen MR) is 119 cm³/mol. The Morgan fingerprint density at radius 3 is 2.34 bits per heavy atom. The first-order chi connectivity index (χ1) is 14.1. The Morgan fingerprint density at radius 2 is 1.66 bits per heavy atom. The van der Waals surface area contributed by atoms with Crippen molar-refractivity contribution >= 4 is 28.6 Å². The maximum atomic E-state index is 13.2. The highest BCUT2D eigenvalue weighted by Gasteiger charge is 2.16. The summed E-state index contributed by atoms with van der Waals surface area (Å²) in [7, 11) is 0. The fourth-order valence-electron chi connectivity index (χ4n) is 3.28. The highest BCUT2D eigenvalue weighted by molar-refractivity contribution is 7.99. The van der Waals surface area contributed by atoms with Crippen LogP contribution >= 0.6 is 11.8 Å². The highest BCUT2D eigenvalue weighted by Crippen LogP contribution is 2.19. The third-order valence-electron chi connectivity index (χ3n) is 4.67. The molecule has 3 rings (SSSR count). The molecule has 0 spiro atoms. The van der Waals surface area contributed by atoms with Gasteiger partial charge in [0.05, 0.1) is 23.2 Å². The molecule has 0 fully saturated rings. The van der Waals surface area contributed by atoms with E-state index in [1.807, 2.05) is 53.4 Å². The van der Waals surface area contributed by atoms with E-state index in [1.54, 1.807) is 10.6 Å². The lowest BCUT2D eigenvalue weighted by Gasteiger charge is -2.21. The number of fused-ring (bicyclic) bond motifs is 1. The zero-order valence-electron chi connectivity index (χ0n) is 17.0. The van der Waals surface area contributed by atoms with Gasteiger partial charge in [-0.2, -0.15) is 0 Å². The van der Waals surface area contributed by atoms with E-state index in [1.165, 1.54) is 11.8 Å². The number of aromatic nitrogens is 2. The van der Waals surface area contributed by atoms with E-state index in [9.17, 15) is 9.59 Å². The normalized spacial score (nSPS) is 11.0. The first-order valence-electron chi connectivity index (χ1n) is 10.1. The van der Waals surface area contributed by atoms with Gasteiger partial charge >= 0.3 is 0 Å². The molecule has 1 heterocycles. The molecule has 0 aliphatic rings. The van der Waals surface area contributed by atoms with Crippen molar-refractivity contribution in [2.45, 2.75) is 38.4 Å². The molecular formula is C23H27N3O2S. The minimum Gasteiger partial charge on any atom is -0.342 e. The highest BCUT2D eigenvalue weighted by atomic mass is 32.2. The number of amides is 1. The molecule has 152 valence electrons. The second-order valence-electron chi connectivity index (χ2n) is 6.96. The standard InChI is InChI=1S/C23H27N3O2S/c1-3-14-25(15-4-2)21(27)17-29-23-24-20-13-9-8-12-19(20)22(28)26(23)16-18-10-6-5-7-11-18/h5-13H,3-4,14-17H2,1-2H3. The summed E-state index contributed by atoms with van der Waals surface area (Å²) in [5.41, 5.74) is 1.61. The third-order valence-corrected chi connectivity index (χ3v) is 5.64. The van der Waals surface area contributed by atoms with E-state index in [0.717, 1.165) is 31.5 Å². The van der Waals surface area contributed by atoms with Crippen molar-refractivity contribution in [1.29, 1.82) is 0 Å². The molecule has 0 bridgehead atoms. The third kappa shape index (κ3) is 5.26. The quantitative estimate of drug-likeness (QED) is 0.393. The summed E-state index contributed by atoms with van der Waals surface area (Å²) in [6, 6.07) is 17.2. The molecule has 6 heteroatoms. The predicted octanol–water partition coefficient (Wildman–Crippen LogP) is 4.19. The van der Waals surface area contributed by atoms with Crippen molar-refractivity contribution in [1.82, 2.24) is 14.5 Å². The van der Waals surface area contributed by atoms with Gasteiger partial charge in [-0.15, -0.1) is 0 Å². The van der Waals surface area contributed by atoms with E-state index in [2.05, 4.69) is 13.8 Å². The summed E-state index contributed by atoms with van der Waals surface area (Å²) >= 11 is 1.34. The van der Waals surface area contributed by atoms with Crippen molar-refractivity contribution < 1.29 is 4.79 Å². The van der Waals surface area contributed by atoms with Crippen LogP contribution in [0.2, 0.25) is 0 Å². The summed E-state index contributed by atoms with van der Waals surface area (Å²) in [5.74, 6) is 0.368. The van der Waals surface area contributed by atoms with E-state index in [4.69, 9.17) is 4.98 Å². The Morgan fingerprint density at radius 1 is 1.00 bits per heavy atom. The van der Waals surface area contributed by atoms with Gasteiger partial charge in [0, 0.05) is 13.1 Å². The van der Waals surface area contributed by atoms with Crippen LogP contribution in [0.3, 0.4) is 0 Å². The van der Waals surface area contributed by atoms with Crippen molar-refractivity contribution in [2.75, 3.05) is 18.8 Å². The molecule has 0 unspecified atom stereocenters. The first kappa shape index (κ1) is 21.1. The Bertz CT molecular complexity index is 1010. The van der Waals surface area contributed by atoms with Gasteiger partial charge in [-0.05, 0) is 30.5 Å². The zero-order valence-corrected chi connectivity index (χ0v) is 17.8. The average Bonchev–Trinajstić information content (AvgIpc) is 2.75. The SMILES string of the molecule is CCCN(CCC)C(=O)CSc1nc2ccccc2c(=O)n1Cc1ccccc1. The summed E-state index contributed by atoms with van der Waals surface area (Å²) < 4.78 is 1.68. The molecule has 0 aliphatic carbocycles. The van der Waals surface area contributed by atoms with Crippen LogP contribution in [-0.4, -0.2) is 39.2 Å². The van der Waals surface area contributed by atoms with Crippen LogP contribution in [0.25, 0.3) is 10.9 Å². The average molecular weight is 410 g/mol. The molecule has 1 amide bonds. The Labute approximate surface area is 175 Å². The molecule has 29 heavy (non-hydrogen) atoms. The molecule has 0 radical (unpaired) electrons. The molecule has 1 aromatic heterocycles. The van der Waals surface area contributed by atoms with Gasteiger partial charge in [0.15, 0.2) is 5.16 Å². The number of nitrogens with zero attached hydrogens (tertiary/aromatic N) is 3. The molecule has 0 aliphatic heterocycles. The summed E-state index contributed by atoms with van der Waals surface area (Å²) in [6.07, 6.45) is 1.87. The van der Waals surface area contributed by atoms with Gasteiger partial charge in [0.2, 0.25) is 5.91 Å². The van der Waals surface area contributed by atoms with Crippen LogP contribution in [0.4, 0.5) is 0 Å². The minimum atomic E-state index is -0.0756. The van der Waals surface area contributed by atoms with Gasteiger partial charge in [0.25, 0.3) is 5.56 Å². The fraction of sp³-hybridized carbons (Fsp3) is 0.348. The van der Waals surface area contributed by atoms with Crippen molar-refractivity contribution in [3.63, 3.8) is 0 Å². The number of benzene rings is 2. The Balaban J connectivity index is 1.92. The number of carbonyl (C=O) groups is 1. The van der Waals surface area contributed by atoms with Gasteiger partial charge in [0.1, 0.15) is 0 Å². The lowest BCUT2D eigenvalue weighted by molar-refractivity contribution is -0.128. The smallest absolute Gasteiger partial charge is 0.262 e. The van der Waals surface area contributed by atoms with Crippen molar-refractivity contribution in [3.8, 4) is 0 Å². The van der Waals surface area contributed by atoms with Crippen molar-refractivity contribution in [2.24, 2.45) is 0 Å². The van der Waals surface area contributed by atoms with Crippen LogP contribution in [0.15, 0.2) is 64.5 Å². The monoisotopic (exact) mass is 409 g/mol. The number of carbonyl (C=O) groups excluding carboxylic acids is 1. The maximum Gasteiger partial charge on any atom is 0.262 e. The lowest BCUT2D eigenvalue weighted by Crippen LogP contribution is -2.34. The van der Waals surface area contributed by atoms with Crippen LogP contribution in [-0.2, 0) is 11.3 Å². The first-order valence-corrected chi connectivity index (χ1v) is 11.1. The number of rotatable bonds is 9. The largest absolute Gasteiger partial charge is 0.342 e. The van der Waals surface area contributed by atoms with Gasteiger partial charge in [-0.1, -0.05) is 68.1 Å². The molecule has 0 saturated heterocycles. The number of hydrogen-bond donors (Lipinski definition) is 0. The summed E-state index contributed by atoms with van der Waals surface area (Å²) in [4.78, 5) is 32.5. The second-order valence-corrected chi connectivity index (χ2v) is 7.90. The molecular weight excluding hydrogens is 382 g/mol. The van der Waals surface area contributed by atoms with Crippen LogP contribution in [0.1, 0.15) is 32.3 Å². The van der Waals surface area contributed by atoms with Gasteiger partial charge in [-0.3, -0.25) is 14.2 Å². The molecule has 5 nitrogen and oxygen atoms in total. The number of hydrogen-bond acceptors (Lipinski definition) is 4. The number of para-hydroxylation sites is 1. The molecule has 2 aromatic carbocycles. The maximum absolute atomic E-state index is 13.2. The lowest BCUT2D eigenvalue weighted by atomic mass is 10.2. The van der Waals surface area contributed by atoms with Crippen LogP contribution in [0, 0.1) is 0 Å². The fourth-order valence-corrected chi connectivity index (χ4v) is 4.18. The summed E-state index contributed by atoms with van der Waals surface area (Å²) in [5, 5.41) is 1.18. The minimum absolute atomic E-state index is 0.0756. The molecule has 0 N–H and O–H groups in total. The van der Waals surface area contributed by atoms with Gasteiger partial charge in [-0.25, -0.2) is 4.98 Å². The second kappa shape index (κ2) is 10.3. The van der Waals surface area contributed by atoms with Gasteiger partial charge < -0.3 is 4.90 Å². The van der Waals surface area contributed by atoms with E-state index in [0.29, 0.717) is 22.6 Å². The van der Waals surface area contributed by atoms with Crippen molar-refractivity contribution in [3.05, 3.63) is 70.5 Å². The van der Waals surface area contributed by atoms with Crippen LogP contribution < -0.4 is 5.56 Å². The molecule has 0 atom stereocenters. The molecule has 3 aromatic rings. The van der Waals surface area contributed by atoms with E-state index in [-0.39, 0.29) is 17.2 Å². The van der Waals surface area contributed by atoms with E-state index >= 15 is 0 Å². The molecule has 0 saturated carbocycles. The topological polar surface area (TPSA) is 55.2 Å². The Hall–Kier alpha value is -2.60. The van der Waals surface area contributed by atoms with Crippen LogP contribution in [0.5, 0.6) is 0 Å². The Kier molecular flexibility index (Phi) is 7.47. The number of thioether (sulfide) groups is 1. The van der Waals surface area contributed by atoms with E-state index < -0.39 is 0 Å². The zero-order chi connectivity index (χ0) is 20.6. The summed E-state index contributed by atoms with van der Waals surface area (Å²) in [6.45, 7) is 6.10.